The van der Waals surface area contributed by atoms with Crippen LogP contribution >= 0.6 is 0 Å². The molecule has 0 spiro atoms. The maximum Gasteiger partial charge on any atom is 0.421 e. The molecule has 3 rings (SSSR count). The molecule has 1 N–H and O–H groups in total. The van der Waals surface area contributed by atoms with Gasteiger partial charge in [0.15, 0.2) is 0 Å². The molecule has 0 saturated carbocycles. The third-order valence-electron chi connectivity index (χ3n) is 5.09. The van der Waals surface area contributed by atoms with Crippen molar-refractivity contribution in [3.8, 4) is 11.6 Å². The minimum Gasteiger partial charge on any atom is -0.478 e. The number of halogens is 3. The number of aromatic carboxylic acids is 1. The van der Waals surface area contributed by atoms with Crippen LogP contribution in [0.3, 0.4) is 0 Å². The van der Waals surface area contributed by atoms with E-state index in [1.807, 2.05) is 19.1 Å². The molecule has 0 aliphatic rings. The number of hydrogen-bond acceptors (Lipinski definition) is 4. The maximum absolute atomic E-state index is 13.3. The predicted molar refractivity (Wildman–Crippen MR) is 120 cm³/mol. The van der Waals surface area contributed by atoms with Crippen LogP contribution in [0, 0.1) is 0 Å². The summed E-state index contributed by atoms with van der Waals surface area (Å²) in [6.07, 6.45) is -2.76. The Balaban J connectivity index is 2.01. The van der Waals surface area contributed by atoms with Gasteiger partial charge in [-0.2, -0.15) is 13.2 Å². The molecule has 1 amide bonds. The van der Waals surface area contributed by atoms with Crippen molar-refractivity contribution < 1.29 is 32.6 Å². The van der Waals surface area contributed by atoms with E-state index in [0.717, 1.165) is 36.4 Å². The molecular formula is C25H23F3N2O4. The van der Waals surface area contributed by atoms with E-state index in [0.29, 0.717) is 5.56 Å². The van der Waals surface area contributed by atoms with Gasteiger partial charge in [-0.25, -0.2) is 9.78 Å². The average molecular weight is 472 g/mol. The Morgan fingerprint density at radius 1 is 1.09 bits per heavy atom. The molecule has 0 atom stereocenters. The summed E-state index contributed by atoms with van der Waals surface area (Å²) in [5.74, 6) is -2.63. The fourth-order valence-corrected chi connectivity index (χ4v) is 3.40. The highest BCUT2D eigenvalue weighted by molar-refractivity contribution is 6.09. The van der Waals surface area contributed by atoms with Crippen LogP contribution in [0.2, 0.25) is 0 Å². The van der Waals surface area contributed by atoms with Gasteiger partial charge in [0.2, 0.25) is 5.88 Å². The molecule has 34 heavy (non-hydrogen) atoms. The molecule has 0 aliphatic carbocycles. The minimum absolute atomic E-state index is 0.0940. The van der Waals surface area contributed by atoms with Crippen molar-refractivity contribution in [1.82, 2.24) is 4.98 Å². The fourth-order valence-electron chi connectivity index (χ4n) is 3.40. The number of aryl methyl sites for hydroxylation is 1. The number of aromatic nitrogens is 1. The van der Waals surface area contributed by atoms with E-state index in [2.05, 4.69) is 4.98 Å². The Morgan fingerprint density at radius 2 is 1.76 bits per heavy atom. The summed E-state index contributed by atoms with van der Waals surface area (Å²) in [6, 6.07) is 12.3. The van der Waals surface area contributed by atoms with Gasteiger partial charge in [-0.15, -0.1) is 0 Å². The molecule has 9 heteroatoms. The monoisotopic (exact) mass is 472 g/mol. The second-order valence-electron chi connectivity index (χ2n) is 7.76. The number of pyridine rings is 1. The van der Waals surface area contributed by atoms with E-state index in [1.54, 1.807) is 26.0 Å². The number of amides is 1. The van der Waals surface area contributed by atoms with Crippen LogP contribution in [-0.4, -0.2) is 28.0 Å². The van der Waals surface area contributed by atoms with Crippen LogP contribution in [0.15, 0.2) is 60.8 Å². The molecule has 1 aromatic heterocycles. The number of nitrogens with zero attached hydrogens (tertiary/aromatic N) is 2. The number of carbonyl (C=O) groups excluding carboxylic acids is 1. The van der Waals surface area contributed by atoms with Gasteiger partial charge in [0.25, 0.3) is 5.91 Å². The SMILES string of the molecule is CCc1ccc(C(=O)N(c2ccc(Oc3ncccc3C(F)(F)F)cc2C(=O)O)C(C)C)cc1. The maximum atomic E-state index is 13.3. The zero-order valence-electron chi connectivity index (χ0n) is 18.8. The van der Waals surface area contributed by atoms with Gasteiger partial charge in [-0.05, 0) is 68.3 Å². The van der Waals surface area contributed by atoms with E-state index >= 15 is 0 Å². The standard InChI is InChI=1S/C25H23F3N2O4/c1-4-16-7-9-17(10-8-16)23(31)30(15(2)3)21-12-11-18(14-19(21)24(32)33)34-22-20(25(26,27)28)6-5-13-29-22/h5-15H,4H2,1-3H3,(H,32,33). The molecule has 2 aromatic carbocycles. The number of anilines is 1. The smallest absolute Gasteiger partial charge is 0.421 e. The zero-order chi connectivity index (χ0) is 25.0. The number of ether oxygens (including phenoxy) is 1. The van der Waals surface area contributed by atoms with Crippen LogP contribution in [0.4, 0.5) is 18.9 Å². The molecule has 0 bridgehead atoms. The van der Waals surface area contributed by atoms with Crippen LogP contribution in [-0.2, 0) is 12.6 Å². The van der Waals surface area contributed by atoms with Crippen LogP contribution in [0.5, 0.6) is 11.6 Å². The predicted octanol–water partition coefficient (Wildman–Crippen LogP) is 6.21. The number of carbonyl (C=O) groups is 2. The highest BCUT2D eigenvalue weighted by Gasteiger charge is 2.35. The van der Waals surface area contributed by atoms with Crippen molar-refractivity contribution in [3.63, 3.8) is 0 Å². The summed E-state index contributed by atoms with van der Waals surface area (Å²) >= 11 is 0. The van der Waals surface area contributed by atoms with Gasteiger partial charge in [-0.1, -0.05) is 19.1 Å². The van der Waals surface area contributed by atoms with E-state index in [-0.39, 0.29) is 17.0 Å². The van der Waals surface area contributed by atoms with Crippen molar-refractivity contribution in [3.05, 3.63) is 83.0 Å². The highest BCUT2D eigenvalue weighted by Crippen LogP contribution is 2.37. The lowest BCUT2D eigenvalue weighted by Gasteiger charge is -2.28. The lowest BCUT2D eigenvalue weighted by Crippen LogP contribution is -2.38. The normalized spacial score (nSPS) is 11.4. The van der Waals surface area contributed by atoms with Crippen LogP contribution in [0.1, 0.15) is 52.6 Å². The van der Waals surface area contributed by atoms with Crippen molar-refractivity contribution in [1.29, 1.82) is 0 Å². The van der Waals surface area contributed by atoms with E-state index in [1.165, 1.54) is 17.0 Å². The Labute approximate surface area is 194 Å². The Hall–Kier alpha value is -3.88. The molecule has 0 aliphatic heterocycles. The molecule has 0 saturated heterocycles. The number of carboxylic acid groups (broad SMARTS) is 1. The van der Waals surface area contributed by atoms with Crippen molar-refractivity contribution in [2.75, 3.05) is 4.90 Å². The van der Waals surface area contributed by atoms with Gasteiger partial charge in [-0.3, -0.25) is 4.79 Å². The van der Waals surface area contributed by atoms with Gasteiger partial charge >= 0.3 is 12.1 Å². The second kappa shape index (κ2) is 9.94. The first-order valence-electron chi connectivity index (χ1n) is 10.5. The first-order chi connectivity index (χ1) is 16.0. The summed E-state index contributed by atoms with van der Waals surface area (Å²) in [5.41, 5.74) is 0.134. The third kappa shape index (κ3) is 5.36. The van der Waals surface area contributed by atoms with Gasteiger partial charge < -0.3 is 14.7 Å². The summed E-state index contributed by atoms with van der Waals surface area (Å²) in [7, 11) is 0. The van der Waals surface area contributed by atoms with Crippen molar-refractivity contribution in [2.24, 2.45) is 0 Å². The van der Waals surface area contributed by atoms with Crippen LogP contribution in [0.25, 0.3) is 0 Å². The van der Waals surface area contributed by atoms with Crippen molar-refractivity contribution in [2.45, 2.75) is 39.4 Å². The molecule has 178 valence electrons. The molecular weight excluding hydrogens is 449 g/mol. The van der Waals surface area contributed by atoms with Gasteiger partial charge in [0, 0.05) is 17.8 Å². The van der Waals surface area contributed by atoms with Gasteiger partial charge in [0.1, 0.15) is 11.3 Å². The van der Waals surface area contributed by atoms with E-state index in [4.69, 9.17) is 4.74 Å². The quantitative estimate of drug-likeness (QED) is 0.442. The highest BCUT2D eigenvalue weighted by atomic mass is 19.4. The van der Waals surface area contributed by atoms with E-state index in [9.17, 15) is 27.9 Å². The number of carboxylic acids is 1. The molecule has 0 fully saturated rings. The second-order valence-corrected chi connectivity index (χ2v) is 7.76. The van der Waals surface area contributed by atoms with Gasteiger partial charge in [0.05, 0.1) is 11.3 Å². The Bertz CT molecular complexity index is 1190. The molecule has 0 unspecified atom stereocenters. The Kier molecular flexibility index (Phi) is 7.24. The number of rotatable bonds is 7. The van der Waals surface area contributed by atoms with Crippen molar-refractivity contribution >= 4 is 17.6 Å². The fraction of sp³-hybridized carbons (Fsp3) is 0.240. The number of benzene rings is 2. The molecule has 0 radical (unpaired) electrons. The summed E-state index contributed by atoms with van der Waals surface area (Å²) in [5, 5.41) is 9.80. The third-order valence-corrected chi connectivity index (χ3v) is 5.09. The average Bonchev–Trinajstić information content (AvgIpc) is 2.79. The first kappa shape index (κ1) is 24.8. The van der Waals surface area contributed by atoms with Crippen LogP contribution < -0.4 is 9.64 Å². The summed E-state index contributed by atoms with van der Waals surface area (Å²) < 4.78 is 45.1. The zero-order valence-corrected chi connectivity index (χ0v) is 18.8. The molecule has 3 aromatic rings. The number of alkyl halides is 3. The summed E-state index contributed by atoms with van der Waals surface area (Å²) in [4.78, 5) is 30.3. The molecule has 1 heterocycles. The topological polar surface area (TPSA) is 79.7 Å². The summed E-state index contributed by atoms with van der Waals surface area (Å²) in [6.45, 7) is 5.46. The minimum atomic E-state index is -4.70. The Morgan fingerprint density at radius 3 is 2.32 bits per heavy atom. The lowest BCUT2D eigenvalue weighted by molar-refractivity contribution is -0.138. The number of hydrogen-bond donors (Lipinski definition) is 1. The molecule has 6 nitrogen and oxygen atoms in total. The largest absolute Gasteiger partial charge is 0.478 e. The van der Waals surface area contributed by atoms with E-state index < -0.39 is 35.5 Å². The first-order valence-corrected chi connectivity index (χ1v) is 10.5. The lowest BCUT2D eigenvalue weighted by atomic mass is 10.1.